The Bertz CT molecular complexity index is 984. The molecule has 2 rings (SSSR count). The summed E-state index contributed by atoms with van der Waals surface area (Å²) in [5.41, 5.74) is -0.403. The van der Waals surface area contributed by atoms with Crippen LogP contribution in [0.1, 0.15) is 48.7 Å². The van der Waals surface area contributed by atoms with Crippen LogP contribution in [0.25, 0.3) is 0 Å². The van der Waals surface area contributed by atoms with Crippen LogP contribution in [0, 0.1) is 0 Å². The molecule has 0 aliphatic rings. The zero-order chi connectivity index (χ0) is 24.6. The standard InChI is InChI=1S/C23H26F3N3O4/c1-22(2,3)33-21(32)27-13-12-19(30)28-14-16-6-4-5-7-18(16)29-20(31)15-8-10-17(11-9-15)23(24,25)26/h4-11H,12-14H2,1-3H3,(H,27,32)(H,28,30)(H,29,31). The van der Waals surface area contributed by atoms with Crippen LogP contribution in [0.15, 0.2) is 48.5 Å². The zero-order valence-electron chi connectivity index (χ0n) is 18.5. The number of rotatable bonds is 7. The van der Waals surface area contributed by atoms with Crippen molar-refractivity contribution in [3.05, 3.63) is 65.2 Å². The number of hydrogen-bond donors (Lipinski definition) is 3. The van der Waals surface area contributed by atoms with Crippen LogP contribution in [0.3, 0.4) is 0 Å². The SMILES string of the molecule is CC(C)(C)OC(=O)NCCC(=O)NCc1ccccc1NC(=O)c1ccc(C(F)(F)F)cc1. The summed E-state index contributed by atoms with van der Waals surface area (Å²) in [4.78, 5) is 36.1. The number of nitrogens with one attached hydrogen (secondary N) is 3. The minimum absolute atomic E-state index is 0.0271. The summed E-state index contributed by atoms with van der Waals surface area (Å²) in [6, 6.07) is 10.6. The van der Waals surface area contributed by atoms with Gasteiger partial charge in [-0.1, -0.05) is 18.2 Å². The van der Waals surface area contributed by atoms with Crippen molar-refractivity contribution < 1.29 is 32.3 Å². The molecule has 0 saturated carbocycles. The Hall–Kier alpha value is -3.56. The second kappa shape index (κ2) is 10.8. The number of para-hydroxylation sites is 1. The van der Waals surface area contributed by atoms with Gasteiger partial charge in [0.15, 0.2) is 0 Å². The fourth-order valence-electron chi connectivity index (χ4n) is 2.68. The van der Waals surface area contributed by atoms with E-state index in [0.717, 1.165) is 24.3 Å². The van der Waals surface area contributed by atoms with Gasteiger partial charge in [0.05, 0.1) is 5.56 Å². The zero-order valence-corrected chi connectivity index (χ0v) is 18.5. The molecule has 2 aromatic carbocycles. The molecule has 2 aromatic rings. The van der Waals surface area contributed by atoms with Crippen molar-refractivity contribution in [1.29, 1.82) is 0 Å². The first-order valence-electron chi connectivity index (χ1n) is 10.2. The van der Waals surface area contributed by atoms with E-state index in [4.69, 9.17) is 4.74 Å². The van der Waals surface area contributed by atoms with Gasteiger partial charge < -0.3 is 20.7 Å². The molecule has 0 fully saturated rings. The summed E-state index contributed by atoms with van der Waals surface area (Å²) in [5, 5.41) is 7.82. The minimum atomic E-state index is -4.48. The quantitative estimate of drug-likeness (QED) is 0.562. The van der Waals surface area contributed by atoms with E-state index in [1.807, 2.05) is 0 Å². The number of alkyl halides is 3. The van der Waals surface area contributed by atoms with Crippen molar-refractivity contribution in [2.75, 3.05) is 11.9 Å². The number of amides is 3. The highest BCUT2D eigenvalue weighted by molar-refractivity contribution is 6.04. The van der Waals surface area contributed by atoms with E-state index in [1.54, 1.807) is 45.0 Å². The molecule has 0 unspecified atom stereocenters. The molecule has 0 spiro atoms. The number of halogens is 3. The first kappa shape index (κ1) is 25.7. The third kappa shape index (κ3) is 8.83. The van der Waals surface area contributed by atoms with E-state index in [1.165, 1.54) is 0 Å². The molecule has 10 heteroatoms. The third-order valence-corrected chi connectivity index (χ3v) is 4.24. The lowest BCUT2D eigenvalue weighted by Gasteiger charge is -2.19. The Morgan fingerprint density at radius 2 is 1.55 bits per heavy atom. The lowest BCUT2D eigenvalue weighted by Crippen LogP contribution is -2.35. The van der Waals surface area contributed by atoms with Gasteiger partial charge in [0.25, 0.3) is 5.91 Å². The largest absolute Gasteiger partial charge is 0.444 e. The maximum Gasteiger partial charge on any atom is 0.416 e. The van der Waals surface area contributed by atoms with Crippen LogP contribution in [0.4, 0.5) is 23.7 Å². The molecular formula is C23H26F3N3O4. The Kier molecular flexibility index (Phi) is 8.44. The minimum Gasteiger partial charge on any atom is -0.444 e. The van der Waals surface area contributed by atoms with Crippen LogP contribution in [0.5, 0.6) is 0 Å². The smallest absolute Gasteiger partial charge is 0.416 e. The lowest BCUT2D eigenvalue weighted by atomic mass is 10.1. The topological polar surface area (TPSA) is 96.5 Å². The molecule has 0 aromatic heterocycles. The summed E-state index contributed by atoms with van der Waals surface area (Å²) in [6.45, 7) is 5.38. The molecule has 0 radical (unpaired) electrons. The number of carbonyl (C=O) groups is 3. The molecule has 0 aliphatic heterocycles. The highest BCUT2D eigenvalue weighted by Gasteiger charge is 2.30. The van der Waals surface area contributed by atoms with Crippen LogP contribution in [0.2, 0.25) is 0 Å². The molecule has 0 heterocycles. The first-order valence-corrected chi connectivity index (χ1v) is 10.2. The van der Waals surface area contributed by atoms with Crippen LogP contribution in [-0.4, -0.2) is 30.1 Å². The molecule has 178 valence electrons. The van der Waals surface area contributed by atoms with Crippen molar-refractivity contribution >= 4 is 23.6 Å². The maximum absolute atomic E-state index is 12.7. The van der Waals surface area contributed by atoms with Gasteiger partial charge in [-0.25, -0.2) is 4.79 Å². The highest BCUT2D eigenvalue weighted by atomic mass is 19.4. The number of carbonyl (C=O) groups excluding carboxylic acids is 3. The van der Waals surface area contributed by atoms with Crippen molar-refractivity contribution in [1.82, 2.24) is 10.6 Å². The van der Waals surface area contributed by atoms with Gasteiger partial charge in [0.1, 0.15) is 5.60 Å². The van der Waals surface area contributed by atoms with Crippen molar-refractivity contribution in [2.24, 2.45) is 0 Å². The molecule has 33 heavy (non-hydrogen) atoms. The summed E-state index contributed by atoms with van der Waals surface area (Å²) in [6.07, 6.45) is -5.08. The lowest BCUT2D eigenvalue weighted by molar-refractivity contribution is -0.137. The van der Waals surface area contributed by atoms with E-state index in [0.29, 0.717) is 11.3 Å². The number of hydrogen-bond acceptors (Lipinski definition) is 4. The van der Waals surface area contributed by atoms with Crippen molar-refractivity contribution in [3.63, 3.8) is 0 Å². The Balaban J connectivity index is 1.89. The highest BCUT2D eigenvalue weighted by Crippen LogP contribution is 2.29. The average Bonchev–Trinajstić information content (AvgIpc) is 2.71. The Morgan fingerprint density at radius 3 is 2.15 bits per heavy atom. The number of alkyl carbamates (subject to hydrolysis) is 1. The fourth-order valence-corrected chi connectivity index (χ4v) is 2.68. The van der Waals surface area contributed by atoms with Gasteiger partial charge in [0.2, 0.25) is 5.91 Å². The molecule has 0 bridgehead atoms. The van der Waals surface area contributed by atoms with Gasteiger partial charge in [0, 0.05) is 30.8 Å². The van der Waals surface area contributed by atoms with E-state index in [2.05, 4.69) is 16.0 Å². The predicted octanol–water partition coefficient (Wildman–Crippen LogP) is 4.49. The van der Waals surface area contributed by atoms with Crippen LogP contribution < -0.4 is 16.0 Å². The first-order chi connectivity index (χ1) is 15.3. The molecule has 7 nitrogen and oxygen atoms in total. The summed E-state index contributed by atoms with van der Waals surface area (Å²) < 4.78 is 43.2. The van der Waals surface area contributed by atoms with Gasteiger partial charge in [-0.15, -0.1) is 0 Å². The average molecular weight is 465 g/mol. The van der Waals surface area contributed by atoms with E-state index >= 15 is 0 Å². The number of ether oxygens (including phenoxy) is 1. The van der Waals surface area contributed by atoms with Gasteiger partial charge >= 0.3 is 12.3 Å². The Labute approximate surface area is 189 Å². The third-order valence-electron chi connectivity index (χ3n) is 4.24. The molecular weight excluding hydrogens is 439 g/mol. The van der Waals surface area contributed by atoms with Crippen LogP contribution in [-0.2, 0) is 22.3 Å². The number of benzene rings is 2. The van der Waals surface area contributed by atoms with E-state index in [9.17, 15) is 27.6 Å². The van der Waals surface area contributed by atoms with E-state index in [-0.39, 0.29) is 31.0 Å². The molecule has 0 aliphatic carbocycles. The van der Waals surface area contributed by atoms with Crippen molar-refractivity contribution in [2.45, 2.75) is 45.5 Å². The number of anilines is 1. The fraction of sp³-hybridized carbons (Fsp3) is 0.348. The predicted molar refractivity (Wildman–Crippen MR) is 117 cm³/mol. The monoisotopic (exact) mass is 465 g/mol. The molecule has 3 amide bonds. The molecule has 3 N–H and O–H groups in total. The normalized spacial score (nSPS) is 11.5. The summed E-state index contributed by atoms with van der Waals surface area (Å²) >= 11 is 0. The second-order valence-corrected chi connectivity index (χ2v) is 8.14. The molecule has 0 saturated heterocycles. The van der Waals surface area contributed by atoms with Gasteiger partial charge in [-0.2, -0.15) is 13.2 Å². The summed E-state index contributed by atoms with van der Waals surface area (Å²) in [7, 11) is 0. The molecule has 0 atom stereocenters. The van der Waals surface area contributed by atoms with E-state index < -0.39 is 29.3 Å². The van der Waals surface area contributed by atoms with Crippen LogP contribution >= 0.6 is 0 Å². The second-order valence-electron chi connectivity index (χ2n) is 8.14. The Morgan fingerprint density at radius 1 is 0.909 bits per heavy atom. The van der Waals surface area contributed by atoms with Crippen molar-refractivity contribution in [3.8, 4) is 0 Å². The van der Waals surface area contributed by atoms with Gasteiger partial charge in [-0.05, 0) is 56.7 Å². The summed E-state index contributed by atoms with van der Waals surface area (Å²) in [5.74, 6) is -0.904. The maximum atomic E-state index is 12.7. The van der Waals surface area contributed by atoms with Gasteiger partial charge in [-0.3, -0.25) is 9.59 Å².